The van der Waals surface area contributed by atoms with Crippen molar-refractivity contribution >= 4 is 17.7 Å². The number of carboxylic acids is 1. The summed E-state index contributed by atoms with van der Waals surface area (Å²) >= 11 is 1.45. The second-order valence-corrected chi connectivity index (χ2v) is 7.02. The molecule has 0 aliphatic carbocycles. The Morgan fingerprint density at radius 3 is 2.52 bits per heavy atom. The maximum absolute atomic E-state index is 10.8. The van der Waals surface area contributed by atoms with E-state index in [0.717, 1.165) is 5.56 Å². The van der Waals surface area contributed by atoms with Crippen LogP contribution in [0.15, 0.2) is 53.7 Å². The molecular formula is C19H20N4O3S. The molecule has 0 atom stereocenters. The van der Waals surface area contributed by atoms with Crippen LogP contribution in [0.3, 0.4) is 0 Å². The van der Waals surface area contributed by atoms with E-state index in [4.69, 9.17) is 15.7 Å². The Morgan fingerprint density at radius 1 is 1.15 bits per heavy atom. The highest BCUT2D eigenvalue weighted by Gasteiger charge is 2.11. The standard InChI is InChI=1S/C19H20N4O3S/c1-13-2-4-14(5-3-13)12-17-21-22-19(23(17)20)27-11-10-26-16-8-6-15(7-9-16)18(24)25/h2-9H,10-12,20H2,1H3,(H,24,25). The molecule has 3 N–H and O–H groups in total. The molecule has 0 saturated carbocycles. The molecular weight excluding hydrogens is 364 g/mol. The first-order valence-corrected chi connectivity index (χ1v) is 9.35. The van der Waals surface area contributed by atoms with Crippen LogP contribution < -0.4 is 10.6 Å². The van der Waals surface area contributed by atoms with E-state index in [1.165, 1.54) is 34.1 Å². The quantitative estimate of drug-likeness (QED) is 0.350. The van der Waals surface area contributed by atoms with Crippen molar-refractivity contribution in [1.82, 2.24) is 14.9 Å². The number of rotatable bonds is 8. The minimum Gasteiger partial charge on any atom is -0.493 e. The summed E-state index contributed by atoms with van der Waals surface area (Å²) in [5, 5.41) is 17.8. The van der Waals surface area contributed by atoms with Gasteiger partial charge in [-0.25, -0.2) is 9.47 Å². The van der Waals surface area contributed by atoms with E-state index < -0.39 is 5.97 Å². The first-order chi connectivity index (χ1) is 13.0. The van der Waals surface area contributed by atoms with Crippen molar-refractivity contribution in [2.75, 3.05) is 18.2 Å². The molecule has 0 fully saturated rings. The van der Waals surface area contributed by atoms with Gasteiger partial charge in [0.05, 0.1) is 12.2 Å². The summed E-state index contributed by atoms with van der Waals surface area (Å²) in [4.78, 5) is 10.8. The molecule has 0 amide bonds. The second kappa shape index (κ2) is 8.59. The molecule has 0 unspecified atom stereocenters. The molecule has 1 aromatic heterocycles. The largest absolute Gasteiger partial charge is 0.493 e. The average Bonchev–Trinajstić information content (AvgIpc) is 3.01. The van der Waals surface area contributed by atoms with Gasteiger partial charge in [-0.2, -0.15) is 0 Å². The molecule has 140 valence electrons. The van der Waals surface area contributed by atoms with Gasteiger partial charge < -0.3 is 15.7 Å². The molecule has 0 aliphatic heterocycles. The summed E-state index contributed by atoms with van der Waals surface area (Å²) in [7, 11) is 0. The number of aromatic carboxylic acids is 1. The first kappa shape index (κ1) is 18.8. The molecule has 3 aromatic rings. The van der Waals surface area contributed by atoms with Gasteiger partial charge in [0.15, 0.2) is 5.82 Å². The normalized spacial score (nSPS) is 10.7. The molecule has 2 aromatic carbocycles. The lowest BCUT2D eigenvalue weighted by molar-refractivity contribution is 0.0697. The number of hydrogen-bond acceptors (Lipinski definition) is 6. The molecule has 0 saturated heterocycles. The number of nitrogen functional groups attached to an aromatic ring is 1. The molecule has 3 rings (SSSR count). The van der Waals surface area contributed by atoms with Crippen LogP contribution >= 0.6 is 11.8 Å². The number of carbonyl (C=O) groups is 1. The lowest BCUT2D eigenvalue weighted by Crippen LogP contribution is -2.15. The Balaban J connectivity index is 1.49. The van der Waals surface area contributed by atoms with E-state index >= 15 is 0 Å². The fourth-order valence-electron chi connectivity index (χ4n) is 2.40. The minimum absolute atomic E-state index is 0.231. The molecule has 0 bridgehead atoms. The van der Waals surface area contributed by atoms with Gasteiger partial charge in [-0.3, -0.25) is 0 Å². The fraction of sp³-hybridized carbons (Fsp3) is 0.211. The molecule has 7 nitrogen and oxygen atoms in total. The molecule has 8 heteroatoms. The number of nitrogens with zero attached hydrogens (tertiary/aromatic N) is 3. The van der Waals surface area contributed by atoms with E-state index in [0.29, 0.717) is 35.5 Å². The van der Waals surface area contributed by atoms with Crippen molar-refractivity contribution in [3.05, 3.63) is 71.0 Å². The summed E-state index contributed by atoms with van der Waals surface area (Å²) in [5.41, 5.74) is 2.57. The van der Waals surface area contributed by atoms with Crippen LogP contribution in [0.1, 0.15) is 27.3 Å². The smallest absolute Gasteiger partial charge is 0.335 e. The van der Waals surface area contributed by atoms with Crippen molar-refractivity contribution in [3.8, 4) is 5.75 Å². The minimum atomic E-state index is -0.958. The Morgan fingerprint density at radius 2 is 1.85 bits per heavy atom. The molecule has 0 radical (unpaired) electrons. The monoisotopic (exact) mass is 384 g/mol. The van der Waals surface area contributed by atoms with Crippen molar-refractivity contribution in [1.29, 1.82) is 0 Å². The molecule has 1 heterocycles. The summed E-state index contributed by atoms with van der Waals surface area (Å²) in [6.07, 6.45) is 0.622. The third-order valence-corrected chi connectivity index (χ3v) is 4.81. The second-order valence-electron chi connectivity index (χ2n) is 5.96. The number of aryl methyl sites for hydroxylation is 1. The Bertz CT molecular complexity index is 908. The topological polar surface area (TPSA) is 103 Å². The SMILES string of the molecule is Cc1ccc(Cc2nnc(SCCOc3ccc(C(=O)O)cc3)n2N)cc1. The van der Waals surface area contributed by atoms with Crippen LogP contribution in [-0.4, -0.2) is 38.3 Å². The van der Waals surface area contributed by atoms with Crippen molar-refractivity contribution in [2.45, 2.75) is 18.5 Å². The zero-order chi connectivity index (χ0) is 19.2. The van der Waals surface area contributed by atoms with Crippen LogP contribution in [0.5, 0.6) is 5.75 Å². The maximum Gasteiger partial charge on any atom is 0.335 e. The highest BCUT2D eigenvalue weighted by atomic mass is 32.2. The number of hydrogen-bond donors (Lipinski definition) is 2. The lowest BCUT2D eigenvalue weighted by atomic mass is 10.1. The molecule has 27 heavy (non-hydrogen) atoms. The third-order valence-electron chi connectivity index (χ3n) is 3.90. The lowest BCUT2D eigenvalue weighted by Gasteiger charge is -2.06. The predicted molar refractivity (Wildman–Crippen MR) is 104 cm³/mol. The number of nitrogens with two attached hydrogens (primary N) is 1. The summed E-state index contributed by atoms with van der Waals surface area (Å²) in [6, 6.07) is 14.5. The Hall–Kier alpha value is -3.00. The van der Waals surface area contributed by atoms with Gasteiger partial charge in [-0.1, -0.05) is 41.6 Å². The molecule has 0 spiro atoms. The number of benzene rings is 2. The van der Waals surface area contributed by atoms with E-state index in [2.05, 4.69) is 34.5 Å². The zero-order valence-corrected chi connectivity index (χ0v) is 15.6. The predicted octanol–water partition coefficient (Wildman–Crippen LogP) is 2.76. The van der Waals surface area contributed by atoms with Crippen LogP contribution in [0.2, 0.25) is 0 Å². The highest BCUT2D eigenvalue weighted by molar-refractivity contribution is 7.99. The average molecular weight is 384 g/mol. The number of carboxylic acid groups (broad SMARTS) is 1. The Kier molecular flexibility index (Phi) is 5.97. The first-order valence-electron chi connectivity index (χ1n) is 8.37. The zero-order valence-electron chi connectivity index (χ0n) is 14.8. The van der Waals surface area contributed by atoms with Crippen LogP contribution in [0.25, 0.3) is 0 Å². The van der Waals surface area contributed by atoms with Gasteiger partial charge in [-0.15, -0.1) is 10.2 Å². The van der Waals surface area contributed by atoms with Gasteiger partial charge in [0.1, 0.15) is 5.75 Å². The van der Waals surface area contributed by atoms with Gasteiger partial charge in [0.2, 0.25) is 5.16 Å². The Labute approximate surface area is 161 Å². The molecule has 0 aliphatic rings. The summed E-state index contributed by atoms with van der Waals surface area (Å²) in [5.74, 6) is 7.10. The van der Waals surface area contributed by atoms with Crippen molar-refractivity contribution in [2.24, 2.45) is 0 Å². The fourth-order valence-corrected chi connectivity index (χ4v) is 3.09. The van der Waals surface area contributed by atoms with Crippen LogP contribution in [-0.2, 0) is 6.42 Å². The third kappa shape index (κ3) is 5.01. The van der Waals surface area contributed by atoms with Gasteiger partial charge in [-0.05, 0) is 36.8 Å². The number of aromatic nitrogens is 3. The van der Waals surface area contributed by atoms with E-state index in [9.17, 15) is 4.79 Å². The van der Waals surface area contributed by atoms with Gasteiger partial charge >= 0.3 is 5.97 Å². The maximum atomic E-state index is 10.8. The van der Waals surface area contributed by atoms with Gasteiger partial charge in [0.25, 0.3) is 0 Å². The van der Waals surface area contributed by atoms with Crippen LogP contribution in [0.4, 0.5) is 0 Å². The van der Waals surface area contributed by atoms with E-state index in [-0.39, 0.29) is 5.56 Å². The van der Waals surface area contributed by atoms with Crippen LogP contribution in [0, 0.1) is 6.92 Å². The summed E-state index contributed by atoms with van der Waals surface area (Å²) < 4.78 is 7.11. The number of thioether (sulfide) groups is 1. The van der Waals surface area contributed by atoms with Gasteiger partial charge in [0, 0.05) is 12.2 Å². The van der Waals surface area contributed by atoms with Crippen molar-refractivity contribution < 1.29 is 14.6 Å². The van der Waals surface area contributed by atoms with Crippen molar-refractivity contribution in [3.63, 3.8) is 0 Å². The summed E-state index contributed by atoms with van der Waals surface area (Å²) in [6.45, 7) is 2.49. The number of ether oxygens (including phenoxy) is 1. The van der Waals surface area contributed by atoms with E-state index in [1.807, 2.05) is 6.92 Å². The highest BCUT2D eigenvalue weighted by Crippen LogP contribution is 2.18. The van der Waals surface area contributed by atoms with E-state index in [1.54, 1.807) is 12.1 Å².